The first-order valence-electron chi connectivity index (χ1n) is 9.72. The normalized spacial score (nSPS) is 15.9. The zero-order valence-corrected chi connectivity index (χ0v) is 16.4. The second-order valence-corrected chi connectivity index (χ2v) is 7.93. The molecule has 3 rings (SSSR count). The summed E-state index contributed by atoms with van der Waals surface area (Å²) < 4.78 is 35.3. The molecule has 1 aromatic heterocycles. The van der Waals surface area contributed by atoms with Crippen LogP contribution in [-0.2, 0) is 18.7 Å². The zero-order valence-electron chi connectivity index (χ0n) is 16.4. The van der Waals surface area contributed by atoms with Crippen LogP contribution in [0.25, 0.3) is 0 Å². The summed E-state index contributed by atoms with van der Waals surface area (Å²) in [6.07, 6.45) is 6.12. The molecule has 0 amide bonds. The molecule has 0 atom stereocenters. The Balaban J connectivity index is 1.86. The first-order chi connectivity index (χ1) is 12.9. The molecular weight excluding hydrogens is 348 g/mol. The second kappa shape index (κ2) is 8.38. The van der Waals surface area contributed by atoms with E-state index in [-0.39, 0.29) is 17.7 Å². The number of hydrogen-bond donors (Lipinski definition) is 1. The Morgan fingerprint density at radius 1 is 1.19 bits per heavy atom. The molecule has 1 aromatic carbocycles. The van der Waals surface area contributed by atoms with Crippen molar-refractivity contribution in [1.29, 1.82) is 0 Å². The third-order valence-corrected chi connectivity index (χ3v) is 5.62. The monoisotopic (exact) mass is 377 g/mol. The van der Waals surface area contributed by atoms with E-state index in [9.17, 15) is 8.78 Å². The molecule has 1 heterocycles. The molecular formula is C21H29F2N3O. The molecule has 0 radical (unpaired) electrons. The molecule has 1 aliphatic rings. The van der Waals surface area contributed by atoms with Gasteiger partial charge in [-0.3, -0.25) is 0 Å². The number of rotatable bonds is 7. The molecule has 0 bridgehead atoms. The lowest BCUT2D eigenvalue weighted by molar-refractivity contribution is 0.126. The van der Waals surface area contributed by atoms with E-state index >= 15 is 0 Å². The van der Waals surface area contributed by atoms with E-state index < -0.39 is 11.6 Å². The number of benzene rings is 1. The Morgan fingerprint density at radius 2 is 1.93 bits per heavy atom. The maximum Gasteiger partial charge on any atom is 0.212 e. The third-order valence-electron chi connectivity index (χ3n) is 5.62. The van der Waals surface area contributed by atoms with Gasteiger partial charge in [-0.05, 0) is 57.9 Å². The first kappa shape index (κ1) is 19.8. The molecule has 0 aliphatic heterocycles. The van der Waals surface area contributed by atoms with Crippen molar-refractivity contribution in [1.82, 2.24) is 15.1 Å². The lowest BCUT2D eigenvalue weighted by Gasteiger charge is -2.38. The fraction of sp³-hybridized carbons (Fsp3) is 0.571. The molecule has 1 aliphatic carbocycles. The van der Waals surface area contributed by atoms with Crippen LogP contribution in [0.1, 0.15) is 57.2 Å². The summed E-state index contributed by atoms with van der Waals surface area (Å²) in [4.78, 5) is 0. The van der Waals surface area contributed by atoms with Crippen molar-refractivity contribution in [3.05, 3.63) is 47.2 Å². The highest BCUT2D eigenvalue weighted by molar-refractivity contribution is 5.22. The van der Waals surface area contributed by atoms with Crippen LogP contribution in [0, 0.1) is 17.6 Å². The summed E-state index contributed by atoms with van der Waals surface area (Å²) in [6.45, 7) is 4.97. The van der Waals surface area contributed by atoms with Crippen LogP contribution in [0.4, 0.5) is 8.78 Å². The van der Waals surface area contributed by atoms with Crippen LogP contribution in [0.15, 0.2) is 24.3 Å². The molecule has 0 spiro atoms. The first-order valence-corrected chi connectivity index (χ1v) is 9.72. The van der Waals surface area contributed by atoms with Crippen LogP contribution in [-0.4, -0.2) is 16.8 Å². The maximum absolute atomic E-state index is 13.9. The van der Waals surface area contributed by atoms with Gasteiger partial charge in [-0.15, -0.1) is 0 Å². The summed E-state index contributed by atoms with van der Waals surface area (Å²) in [5.41, 5.74) is 0.867. The van der Waals surface area contributed by atoms with Crippen molar-refractivity contribution in [2.45, 2.75) is 64.6 Å². The molecule has 1 fully saturated rings. The number of halogens is 2. The highest BCUT2D eigenvalue weighted by Gasteiger charge is 2.35. The largest absolute Gasteiger partial charge is 0.473 e. The average molecular weight is 377 g/mol. The Kier molecular flexibility index (Phi) is 6.15. The molecule has 27 heavy (non-hydrogen) atoms. The topological polar surface area (TPSA) is 39.1 Å². The average Bonchev–Trinajstić information content (AvgIpc) is 3.07. The quantitative estimate of drug-likeness (QED) is 0.755. The van der Waals surface area contributed by atoms with Crippen molar-refractivity contribution >= 4 is 0 Å². The minimum Gasteiger partial charge on any atom is -0.473 e. The van der Waals surface area contributed by atoms with Crippen molar-refractivity contribution in [3.63, 3.8) is 0 Å². The van der Waals surface area contributed by atoms with Gasteiger partial charge < -0.3 is 10.1 Å². The number of hydrogen-bond acceptors (Lipinski definition) is 3. The predicted octanol–water partition coefficient (Wildman–Crippen LogP) is 4.78. The Labute approximate surface area is 159 Å². The van der Waals surface area contributed by atoms with Crippen molar-refractivity contribution in [2.24, 2.45) is 5.92 Å². The molecule has 0 saturated heterocycles. The van der Waals surface area contributed by atoms with Gasteiger partial charge >= 0.3 is 0 Å². The highest BCUT2D eigenvalue weighted by atomic mass is 19.1. The zero-order chi connectivity index (χ0) is 19.4. The molecule has 1 N–H and O–H groups in total. The van der Waals surface area contributed by atoms with Crippen LogP contribution >= 0.6 is 0 Å². The van der Waals surface area contributed by atoms with Crippen LogP contribution in [0.2, 0.25) is 0 Å². The van der Waals surface area contributed by atoms with Gasteiger partial charge in [0.2, 0.25) is 5.88 Å². The van der Waals surface area contributed by atoms with Crippen molar-refractivity contribution in [3.8, 4) is 5.88 Å². The number of nitrogens with zero attached hydrogens (tertiary/aromatic N) is 2. The molecule has 148 valence electrons. The predicted molar refractivity (Wildman–Crippen MR) is 102 cm³/mol. The second-order valence-electron chi connectivity index (χ2n) is 7.93. The van der Waals surface area contributed by atoms with Gasteiger partial charge in [0.05, 0.1) is 11.2 Å². The summed E-state index contributed by atoms with van der Waals surface area (Å²) in [5.74, 6) is 0.174. The van der Waals surface area contributed by atoms with Gasteiger partial charge in [0.15, 0.2) is 0 Å². The summed E-state index contributed by atoms with van der Waals surface area (Å²) in [6, 6.07) is 5.30. The van der Waals surface area contributed by atoms with Crippen LogP contribution in [0.5, 0.6) is 5.88 Å². The highest BCUT2D eigenvalue weighted by Crippen LogP contribution is 2.39. The van der Waals surface area contributed by atoms with E-state index in [0.29, 0.717) is 18.3 Å². The Morgan fingerprint density at radius 3 is 2.63 bits per heavy atom. The molecule has 4 nitrogen and oxygen atoms in total. The van der Waals surface area contributed by atoms with Gasteiger partial charge in [0.1, 0.15) is 18.2 Å². The van der Waals surface area contributed by atoms with Gasteiger partial charge in [-0.1, -0.05) is 19.3 Å². The van der Waals surface area contributed by atoms with Gasteiger partial charge in [-0.2, -0.15) is 5.10 Å². The Bertz CT molecular complexity index is 767. The SMILES string of the molecule is CNCc1cc(OCc2cc(F)ccc2F)n(C(C)(C)C2CCCCC2)n1. The van der Waals surface area contributed by atoms with E-state index in [1.807, 2.05) is 17.8 Å². The maximum atomic E-state index is 13.9. The standard InChI is InChI=1S/C21H29F2N3O/c1-21(2,16-7-5-4-6-8-16)26-20(12-18(25-26)13-24-3)27-14-15-11-17(22)9-10-19(15)23/h9-12,16,24H,4-8,13-14H2,1-3H3. The van der Waals surface area contributed by atoms with E-state index in [1.165, 1.54) is 38.2 Å². The molecule has 1 saturated carbocycles. The molecule has 2 aromatic rings. The Hall–Kier alpha value is -1.95. The van der Waals surface area contributed by atoms with Crippen LogP contribution in [0.3, 0.4) is 0 Å². The van der Waals surface area contributed by atoms with Gasteiger partial charge in [-0.25, -0.2) is 13.5 Å². The van der Waals surface area contributed by atoms with Crippen molar-refractivity contribution in [2.75, 3.05) is 7.05 Å². The lowest BCUT2D eigenvalue weighted by atomic mass is 9.77. The minimum atomic E-state index is -0.470. The summed E-state index contributed by atoms with van der Waals surface area (Å²) in [5, 5.41) is 7.87. The molecule has 0 unspecified atom stereocenters. The number of nitrogens with one attached hydrogen (secondary N) is 1. The lowest BCUT2D eigenvalue weighted by Crippen LogP contribution is -2.37. The van der Waals surface area contributed by atoms with Crippen molar-refractivity contribution < 1.29 is 13.5 Å². The fourth-order valence-electron chi connectivity index (χ4n) is 3.98. The van der Waals surface area contributed by atoms with E-state index in [2.05, 4.69) is 19.2 Å². The summed E-state index contributed by atoms with van der Waals surface area (Å²) >= 11 is 0. The molecule has 6 heteroatoms. The minimum absolute atomic E-state index is 0.0327. The van der Waals surface area contributed by atoms with Crippen LogP contribution < -0.4 is 10.1 Å². The third kappa shape index (κ3) is 4.49. The fourth-order valence-corrected chi connectivity index (χ4v) is 3.98. The van der Waals surface area contributed by atoms with Gasteiger partial charge in [0, 0.05) is 18.2 Å². The van der Waals surface area contributed by atoms with E-state index in [0.717, 1.165) is 17.8 Å². The number of ether oxygens (including phenoxy) is 1. The van der Waals surface area contributed by atoms with E-state index in [1.54, 1.807) is 0 Å². The summed E-state index contributed by atoms with van der Waals surface area (Å²) in [7, 11) is 1.87. The smallest absolute Gasteiger partial charge is 0.212 e. The van der Waals surface area contributed by atoms with Gasteiger partial charge in [0.25, 0.3) is 0 Å². The van der Waals surface area contributed by atoms with E-state index in [4.69, 9.17) is 9.84 Å². The number of aromatic nitrogens is 2.